The van der Waals surface area contributed by atoms with Gasteiger partial charge in [0.15, 0.2) is 0 Å². The molecule has 120 valence electrons. The van der Waals surface area contributed by atoms with Gasteiger partial charge in [-0.15, -0.1) is 0 Å². The van der Waals surface area contributed by atoms with Gasteiger partial charge in [-0.25, -0.2) is 0 Å². The molecule has 0 aliphatic rings. The van der Waals surface area contributed by atoms with Crippen LogP contribution in [-0.4, -0.2) is 23.5 Å². The molecule has 0 aliphatic carbocycles. The van der Waals surface area contributed by atoms with E-state index in [-0.39, 0.29) is 6.04 Å². The molecule has 0 radical (unpaired) electrons. The Morgan fingerprint density at radius 3 is 2.77 bits per heavy atom. The lowest BCUT2D eigenvalue weighted by atomic mass is 10.1. The highest BCUT2D eigenvalue weighted by Gasteiger charge is 2.09. The summed E-state index contributed by atoms with van der Waals surface area (Å²) in [6.07, 6.45) is 1.96. The first-order valence-electron chi connectivity index (χ1n) is 7.60. The summed E-state index contributed by atoms with van der Waals surface area (Å²) >= 11 is 0. The highest BCUT2D eigenvalue weighted by atomic mass is 16.5. The molecule has 0 amide bonds. The summed E-state index contributed by atoms with van der Waals surface area (Å²) in [6, 6.07) is 8.45. The molecule has 1 atom stereocenters. The fraction of sp³-hybridized carbons (Fsp3) is 0.471. The highest BCUT2D eigenvalue weighted by Crippen LogP contribution is 2.21. The SMILES string of the molecule is CCOCc1cc(CNC(C)c2ccn(C)n2)ccc1OC. The molecule has 1 heterocycles. The normalized spacial score (nSPS) is 12.4. The summed E-state index contributed by atoms with van der Waals surface area (Å²) in [7, 11) is 3.62. The van der Waals surface area contributed by atoms with E-state index in [0.717, 1.165) is 23.6 Å². The Morgan fingerprint density at radius 2 is 2.14 bits per heavy atom. The van der Waals surface area contributed by atoms with E-state index in [4.69, 9.17) is 9.47 Å². The van der Waals surface area contributed by atoms with Crippen LogP contribution in [-0.2, 0) is 24.9 Å². The largest absolute Gasteiger partial charge is 0.496 e. The minimum atomic E-state index is 0.207. The van der Waals surface area contributed by atoms with Crippen molar-refractivity contribution in [3.63, 3.8) is 0 Å². The second kappa shape index (κ2) is 7.96. The van der Waals surface area contributed by atoms with Crippen LogP contribution in [0.3, 0.4) is 0 Å². The van der Waals surface area contributed by atoms with Crippen LogP contribution in [0.5, 0.6) is 5.75 Å². The Balaban J connectivity index is 2.00. The minimum absolute atomic E-state index is 0.207. The van der Waals surface area contributed by atoms with Gasteiger partial charge in [-0.05, 0) is 37.6 Å². The summed E-state index contributed by atoms with van der Waals surface area (Å²) in [6.45, 7) is 6.16. The van der Waals surface area contributed by atoms with Gasteiger partial charge in [0, 0.05) is 38.0 Å². The Hall–Kier alpha value is -1.85. The maximum absolute atomic E-state index is 5.50. The number of nitrogens with one attached hydrogen (secondary N) is 1. The van der Waals surface area contributed by atoms with Gasteiger partial charge in [-0.3, -0.25) is 4.68 Å². The molecule has 0 spiro atoms. The minimum Gasteiger partial charge on any atom is -0.496 e. The van der Waals surface area contributed by atoms with Crippen molar-refractivity contribution in [1.82, 2.24) is 15.1 Å². The maximum atomic E-state index is 5.50. The molecule has 1 N–H and O–H groups in total. The molecule has 0 saturated carbocycles. The standard InChI is InChI=1S/C17H25N3O2/c1-5-22-12-15-10-14(6-7-17(15)21-4)11-18-13(2)16-8-9-20(3)19-16/h6-10,13,18H,5,11-12H2,1-4H3. The average Bonchev–Trinajstić information content (AvgIpc) is 2.97. The van der Waals surface area contributed by atoms with Gasteiger partial charge in [0.05, 0.1) is 19.4 Å². The summed E-state index contributed by atoms with van der Waals surface area (Å²) in [5.74, 6) is 0.870. The van der Waals surface area contributed by atoms with Gasteiger partial charge in [-0.1, -0.05) is 6.07 Å². The lowest BCUT2D eigenvalue weighted by Gasteiger charge is -2.14. The second-order valence-corrected chi connectivity index (χ2v) is 5.30. The quantitative estimate of drug-likeness (QED) is 0.814. The van der Waals surface area contributed by atoms with Crippen molar-refractivity contribution in [2.45, 2.75) is 33.0 Å². The first-order valence-corrected chi connectivity index (χ1v) is 7.60. The van der Waals surface area contributed by atoms with Crippen LogP contribution in [0.2, 0.25) is 0 Å². The zero-order valence-corrected chi connectivity index (χ0v) is 13.8. The average molecular weight is 303 g/mol. The molecule has 0 fully saturated rings. The van der Waals surface area contributed by atoms with Gasteiger partial charge >= 0.3 is 0 Å². The Kier molecular flexibility index (Phi) is 5.98. The van der Waals surface area contributed by atoms with E-state index in [9.17, 15) is 0 Å². The van der Waals surface area contributed by atoms with Crippen LogP contribution < -0.4 is 10.1 Å². The van der Waals surface area contributed by atoms with Crippen LogP contribution in [0, 0.1) is 0 Å². The monoisotopic (exact) mass is 303 g/mol. The summed E-state index contributed by atoms with van der Waals surface area (Å²) in [5, 5.41) is 7.91. The number of aromatic nitrogens is 2. The molecule has 1 aromatic carbocycles. The van der Waals surface area contributed by atoms with Gasteiger partial charge < -0.3 is 14.8 Å². The molecule has 0 bridgehead atoms. The van der Waals surface area contributed by atoms with Crippen LogP contribution in [0.1, 0.15) is 36.7 Å². The van der Waals surface area contributed by atoms with E-state index in [1.54, 1.807) is 7.11 Å². The third-order valence-corrected chi connectivity index (χ3v) is 3.60. The van der Waals surface area contributed by atoms with Crippen LogP contribution in [0.15, 0.2) is 30.5 Å². The second-order valence-electron chi connectivity index (χ2n) is 5.30. The predicted molar refractivity (Wildman–Crippen MR) is 86.8 cm³/mol. The Bertz CT molecular complexity index is 595. The van der Waals surface area contributed by atoms with Crippen molar-refractivity contribution >= 4 is 0 Å². The predicted octanol–water partition coefficient (Wildman–Crippen LogP) is 2.82. The van der Waals surface area contributed by atoms with Crippen molar-refractivity contribution in [1.29, 1.82) is 0 Å². The highest BCUT2D eigenvalue weighted by molar-refractivity contribution is 5.37. The molecule has 0 aliphatic heterocycles. The lowest BCUT2D eigenvalue weighted by molar-refractivity contribution is 0.132. The van der Waals surface area contributed by atoms with Gasteiger partial charge in [0.25, 0.3) is 0 Å². The van der Waals surface area contributed by atoms with Crippen LogP contribution in [0.4, 0.5) is 0 Å². The zero-order valence-electron chi connectivity index (χ0n) is 13.8. The first kappa shape index (κ1) is 16.5. The van der Waals surface area contributed by atoms with Crippen molar-refractivity contribution in [3.05, 3.63) is 47.3 Å². The molecule has 0 saturated heterocycles. The molecule has 5 heteroatoms. The summed E-state index contributed by atoms with van der Waals surface area (Å²) < 4.78 is 12.7. The fourth-order valence-corrected chi connectivity index (χ4v) is 2.31. The first-order chi connectivity index (χ1) is 10.6. The summed E-state index contributed by atoms with van der Waals surface area (Å²) in [5.41, 5.74) is 3.33. The number of methoxy groups -OCH3 is 1. The topological polar surface area (TPSA) is 48.3 Å². The number of nitrogens with zero attached hydrogens (tertiary/aromatic N) is 2. The van der Waals surface area contributed by atoms with Crippen molar-refractivity contribution in [2.24, 2.45) is 7.05 Å². The number of aryl methyl sites for hydroxylation is 1. The van der Waals surface area contributed by atoms with E-state index < -0.39 is 0 Å². The Morgan fingerprint density at radius 1 is 1.32 bits per heavy atom. The van der Waals surface area contributed by atoms with Gasteiger partial charge in [-0.2, -0.15) is 5.10 Å². The molecule has 2 rings (SSSR count). The van der Waals surface area contributed by atoms with Crippen molar-refractivity contribution < 1.29 is 9.47 Å². The van der Waals surface area contributed by atoms with E-state index in [1.165, 1.54) is 5.56 Å². The maximum Gasteiger partial charge on any atom is 0.124 e. The summed E-state index contributed by atoms with van der Waals surface area (Å²) in [4.78, 5) is 0. The lowest BCUT2D eigenvalue weighted by Crippen LogP contribution is -2.19. The number of hydrogen-bond donors (Lipinski definition) is 1. The number of benzene rings is 1. The molecule has 1 unspecified atom stereocenters. The number of ether oxygens (including phenoxy) is 2. The molecular weight excluding hydrogens is 278 g/mol. The van der Waals surface area contributed by atoms with Gasteiger partial charge in [0.2, 0.25) is 0 Å². The third kappa shape index (κ3) is 4.32. The molecule has 22 heavy (non-hydrogen) atoms. The zero-order chi connectivity index (χ0) is 15.9. The smallest absolute Gasteiger partial charge is 0.124 e. The van der Waals surface area contributed by atoms with Crippen molar-refractivity contribution in [2.75, 3.05) is 13.7 Å². The van der Waals surface area contributed by atoms with Crippen molar-refractivity contribution in [3.8, 4) is 5.75 Å². The molecular formula is C17H25N3O2. The Labute approximate surface area is 132 Å². The van der Waals surface area contributed by atoms with E-state index >= 15 is 0 Å². The number of hydrogen-bond acceptors (Lipinski definition) is 4. The number of rotatable bonds is 8. The third-order valence-electron chi connectivity index (χ3n) is 3.60. The van der Waals surface area contributed by atoms with E-state index in [1.807, 2.05) is 37.0 Å². The molecule has 5 nitrogen and oxygen atoms in total. The van der Waals surface area contributed by atoms with Crippen LogP contribution in [0.25, 0.3) is 0 Å². The van der Waals surface area contributed by atoms with E-state index in [0.29, 0.717) is 13.2 Å². The molecule has 1 aromatic heterocycles. The van der Waals surface area contributed by atoms with Crippen LogP contribution >= 0.6 is 0 Å². The fourth-order valence-electron chi connectivity index (χ4n) is 2.31. The van der Waals surface area contributed by atoms with E-state index in [2.05, 4.69) is 29.5 Å². The molecule has 2 aromatic rings. The van der Waals surface area contributed by atoms with Gasteiger partial charge in [0.1, 0.15) is 5.75 Å².